The van der Waals surface area contributed by atoms with Gasteiger partial charge in [-0.3, -0.25) is 0 Å². The minimum atomic E-state index is -0.120. The molecule has 0 aliphatic heterocycles. The fraction of sp³-hybridized carbons (Fsp3) is 0.300. The lowest BCUT2D eigenvalue weighted by molar-refractivity contribution is 0.280. The van der Waals surface area contributed by atoms with Gasteiger partial charge in [0.1, 0.15) is 10.5 Å². The molecule has 0 amide bonds. The third-order valence-electron chi connectivity index (χ3n) is 4.73. The molecule has 1 aliphatic rings. The predicted molar refractivity (Wildman–Crippen MR) is 96.1 cm³/mol. The van der Waals surface area contributed by atoms with Crippen molar-refractivity contribution < 1.29 is 4.43 Å². The topological polar surface area (TPSA) is 9.23 Å². The van der Waals surface area contributed by atoms with E-state index in [4.69, 9.17) is 4.43 Å². The number of allylic oxidation sites excluding steroid dienone is 1. The first kappa shape index (κ1) is 15.3. The summed E-state index contributed by atoms with van der Waals surface area (Å²) in [5.74, 6) is 0. The van der Waals surface area contributed by atoms with Gasteiger partial charge in [0.2, 0.25) is 0 Å². The van der Waals surface area contributed by atoms with Gasteiger partial charge in [0.15, 0.2) is 0 Å². The van der Waals surface area contributed by atoms with Crippen LogP contribution in [0, 0.1) is 0 Å². The van der Waals surface area contributed by atoms with Crippen molar-refractivity contribution in [1.82, 2.24) is 0 Å². The lowest BCUT2D eigenvalue weighted by Gasteiger charge is -2.39. The second-order valence-corrected chi connectivity index (χ2v) is 6.62. The summed E-state index contributed by atoms with van der Waals surface area (Å²) in [7, 11) is 0.765. The number of hydrogen-bond acceptors (Lipinski definition) is 1. The van der Waals surface area contributed by atoms with Crippen LogP contribution in [0.1, 0.15) is 36.8 Å². The van der Waals surface area contributed by atoms with Gasteiger partial charge in [-0.1, -0.05) is 72.3 Å². The highest BCUT2D eigenvalue weighted by Gasteiger charge is 2.38. The SMILES string of the molecule is [SiH3]OCC(C1=CCCCC1)(c1ccccc1)c1ccccc1. The molecule has 0 saturated heterocycles. The highest BCUT2D eigenvalue weighted by atomic mass is 28.2. The van der Waals surface area contributed by atoms with E-state index < -0.39 is 0 Å². The smallest absolute Gasteiger partial charge is 0.146 e. The molecule has 2 aromatic carbocycles. The minimum Gasteiger partial charge on any atom is -0.426 e. The van der Waals surface area contributed by atoms with E-state index in [-0.39, 0.29) is 5.41 Å². The van der Waals surface area contributed by atoms with Crippen molar-refractivity contribution >= 4 is 10.5 Å². The van der Waals surface area contributed by atoms with Crippen molar-refractivity contribution in [2.45, 2.75) is 31.1 Å². The quantitative estimate of drug-likeness (QED) is 0.603. The molecular formula is C20H24OSi. The molecule has 1 nitrogen and oxygen atoms in total. The van der Waals surface area contributed by atoms with E-state index in [1.165, 1.54) is 42.4 Å². The molecule has 0 atom stereocenters. The van der Waals surface area contributed by atoms with E-state index in [1.807, 2.05) is 0 Å². The van der Waals surface area contributed by atoms with Crippen LogP contribution in [0.2, 0.25) is 0 Å². The zero-order valence-electron chi connectivity index (χ0n) is 13.3. The molecule has 114 valence electrons. The molecule has 0 radical (unpaired) electrons. The third kappa shape index (κ3) is 2.81. The van der Waals surface area contributed by atoms with Crippen LogP contribution in [0.15, 0.2) is 72.3 Å². The van der Waals surface area contributed by atoms with Crippen LogP contribution in [-0.4, -0.2) is 17.1 Å². The van der Waals surface area contributed by atoms with E-state index in [0.717, 1.165) is 17.1 Å². The van der Waals surface area contributed by atoms with Gasteiger partial charge >= 0.3 is 0 Å². The van der Waals surface area contributed by atoms with Gasteiger partial charge in [0, 0.05) is 0 Å². The van der Waals surface area contributed by atoms with Crippen LogP contribution in [0.25, 0.3) is 0 Å². The Balaban J connectivity index is 2.21. The lowest BCUT2D eigenvalue weighted by atomic mass is 9.67. The fourth-order valence-electron chi connectivity index (χ4n) is 3.68. The Morgan fingerprint density at radius 2 is 1.45 bits per heavy atom. The molecular weight excluding hydrogens is 284 g/mol. The Morgan fingerprint density at radius 1 is 0.864 bits per heavy atom. The fourth-order valence-corrected chi connectivity index (χ4v) is 4.12. The van der Waals surface area contributed by atoms with Crippen molar-refractivity contribution in [3.63, 3.8) is 0 Å². The number of rotatable bonds is 5. The lowest BCUT2D eigenvalue weighted by Crippen LogP contribution is -2.36. The van der Waals surface area contributed by atoms with Crippen LogP contribution in [0.4, 0.5) is 0 Å². The largest absolute Gasteiger partial charge is 0.426 e. The molecule has 2 heteroatoms. The normalized spacial score (nSPS) is 15.5. The van der Waals surface area contributed by atoms with Gasteiger partial charge in [-0.25, -0.2) is 0 Å². The summed E-state index contributed by atoms with van der Waals surface area (Å²) < 4.78 is 5.87. The molecule has 0 heterocycles. The average Bonchev–Trinajstić information content (AvgIpc) is 2.62. The highest BCUT2D eigenvalue weighted by Crippen LogP contribution is 2.43. The van der Waals surface area contributed by atoms with Crippen molar-refractivity contribution in [1.29, 1.82) is 0 Å². The molecule has 0 saturated carbocycles. The summed E-state index contributed by atoms with van der Waals surface area (Å²) >= 11 is 0. The molecule has 1 aliphatic carbocycles. The molecule has 2 aromatic rings. The second-order valence-electron chi connectivity index (χ2n) is 6.05. The monoisotopic (exact) mass is 308 g/mol. The maximum absolute atomic E-state index is 5.87. The van der Waals surface area contributed by atoms with Crippen molar-refractivity contribution in [2.75, 3.05) is 6.61 Å². The maximum atomic E-state index is 5.87. The Labute approximate surface area is 136 Å². The van der Waals surface area contributed by atoms with Gasteiger partial charge in [0.05, 0.1) is 12.0 Å². The van der Waals surface area contributed by atoms with Gasteiger partial charge in [-0.15, -0.1) is 0 Å². The van der Waals surface area contributed by atoms with E-state index >= 15 is 0 Å². The standard InChI is InChI=1S/C20H24OSi/c22-21-16-20(17-10-4-1-5-11-17,18-12-6-2-7-13-18)19-14-8-3-9-15-19/h1-2,4-7,10-14H,3,8-9,15-16H2,22H3. The van der Waals surface area contributed by atoms with E-state index in [0.29, 0.717) is 0 Å². The van der Waals surface area contributed by atoms with Gasteiger partial charge in [0.25, 0.3) is 0 Å². The van der Waals surface area contributed by atoms with Crippen molar-refractivity contribution in [3.8, 4) is 0 Å². The first-order valence-electron chi connectivity index (χ1n) is 8.17. The summed E-state index contributed by atoms with van der Waals surface area (Å²) in [6, 6.07) is 21.8. The Bertz CT molecular complexity index is 579. The average molecular weight is 308 g/mol. The maximum Gasteiger partial charge on any atom is 0.146 e. The van der Waals surface area contributed by atoms with Gasteiger partial charge in [-0.05, 0) is 36.8 Å². The minimum absolute atomic E-state index is 0.120. The summed E-state index contributed by atoms with van der Waals surface area (Å²) in [4.78, 5) is 0. The summed E-state index contributed by atoms with van der Waals surface area (Å²) in [5, 5.41) is 0. The predicted octanol–water partition coefficient (Wildman–Crippen LogP) is 3.77. The first-order valence-corrected chi connectivity index (χ1v) is 8.99. The van der Waals surface area contributed by atoms with Gasteiger partial charge in [-0.2, -0.15) is 0 Å². The van der Waals surface area contributed by atoms with Crippen LogP contribution in [-0.2, 0) is 9.84 Å². The molecule has 0 N–H and O–H groups in total. The van der Waals surface area contributed by atoms with E-state index in [2.05, 4.69) is 66.7 Å². The van der Waals surface area contributed by atoms with Crippen molar-refractivity contribution in [3.05, 3.63) is 83.4 Å². The molecule has 3 rings (SSSR count). The Morgan fingerprint density at radius 3 is 1.91 bits per heavy atom. The first-order chi connectivity index (χ1) is 10.9. The van der Waals surface area contributed by atoms with Crippen LogP contribution in [0.3, 0.4) is 0 Å². The second kappa shape index (κ2) is 7.08. The zero-order chi connectivity index (χ0) is 15.3. The Hall–Kier alpha value is -1.64. The molecule has 0 aromatic heterocycles. The number of benzene rings is 2. The summed E-state index contributed by atoms with van der Waals surface area (Å²) in [6.45, 7) is 0.749. The van der Waals surface area contributed by atoms with Gasteiger partial charge < -0.3 is 4.43 Å². The summed E-state index contributed by atoms with van der Waals surface area (Å²) in [5.41, 5.74) is 4.12. The van der Waals surface area contributed by atoms with Crippen LogP contribution < -0.4 is 0 Å². The molecule has 0 fully saturated rings. The van der Waals surface area contributed by atoms with E-state index in [9.17, 15) is 0 Å². The number of hydrogen-bond donors (Lipinski definition) is 0. The molecule has 22 heavy (non-hydrogen) atoms. The Kier molecular flexibility index (Phi) is 4.91. The molecule has 0 unspecified atom stereocenters. The molecule has 0 bridgehead atoms. The molecule has 0 spiro atoms. The van der Waals surface area contributed by atoms with Crippen molar-refractivity contribution in [2.24, 2.45) is 0 Å². The third-order valence-corrected chi connectivity index (χ3v) is 5.02. The van der Waals surface area contributed by atoms with Crippen LogP contribution in [0.5, 0.6) is 0 Å². The van der Waals surface area contributed by atoms with Crippen LogP contribution >= 0.6 is 0 Å². The van der Waals surface area contributed by atoms with E-state index in [1.54, 1.807) is 0 Å². The highest BCUT2D eigenvalue weighted by molar-refractivity contribution is 5.98. The zero-order valence-corrected chi connectivity index (χ0v) is 15.3. The summed E-state index contributed by atoms with van der Waals surface area (Å²) in [6.07, 6.45) is 7.43.